The maximum Gasteiger partial charge on any atom is 0.126 e. The lowest BCUT2D eigenvalue weighted by Crippen LogP contribution is -2.10. The number of aromatic nitrogens is 2. The van der Waals surface area contributed by atoms with Crippen molar-refractivity contribution in [1.29, 1.82) is 0 Å². The number of benzene rings is 1. The van der Waals surface area contributed by atoms with Crippen molar-refractivity contribution in [3.8, 4) is 0 Å². The third kappa shape index (κ3) is 2.98. The van der Waals surface area contributed by atoms with E-state index in [0.29, 0.717) is 11.5 Å². The summed E-state index contributed by atoms with van der Waals surface area (Å²) in [7, 11) is 0. The van der Waals surface area contributed by atoms with E-state index in [0.717, 1.165) is 27.8 Å². The zero-order valence-corrected chi connectivity index (χ0v) is 12.1. The van der Waals surface area contributed by atoms with Gasteiger partial charge >= 0.3 is 0 Å². The first-order chi connectivity index (χ1) is 10.2. The maximum atomic E-state index is 5.55. The van der Waals surface area contributed by atoms with Gasteiger partial charge in [-0.05, 0) is 23.8 Å². The lowest BCUT2D eigenvalue weighted by Gasteiger charge is -2.08. The van der Waals surface area contributed by atoms with Crippen molar-refractivity contribution >= 4 is 33.9 Å². The third-order valence-corrected chi connectivity index (χ3v) is 3.46. The molecule has 0 aliphatic carbocycles. The average molecular weight is 294 g/mol. The number of thiocarbonyl (C=S) groups is 1. The normalized spacial score (nSPS) is 10.5. The van der Waals surface area contributed by atoms with Crippen molar-refractivity contribution in [3.05, 3.63) is 66.0 Å². The van der Waals surface area contributed by atoms with Gasteiger partial charge in [0.1, 0.15) is 10.8 Å². The highest BCUT2D eigenvalue weighted by atomic mass is 32.1. The van der Waals surface area contributed by atoms with E-state index in [1.807, 2.05) is 24.3 Å². The fourth-order valence-electron chi connectivity index (χ4n) is 2.14. The second-order valence-corrected chi connectivity index (χ2v) is 5.08. The fourth-order valence-corrected chi connectivity index (χ4v) is 2.26. The molecule has 1 aromatic carbocycles. The van der Waals surface area contributed by atoms with Crippen LogP contribution in [0.4, 0.5) is 5.82 Å². The van der Waals surface area contributed by atoms with Crippen LogP contribution >= 0.6 is 12.2 Å². The first-order valence-corrected chi connectivity index (χ1v) is 6.97. The van der Waals surface area contributed by atoms with Gasteiger partial charge in [0, 0.05) is 29.9 Å². The smallest absolute Gasteiger partial charge is 0.126 e. The van der Waals surface area contributed by atoms with Crippen molar-refractivity contribution in [2.24, 2.45) is 5.73 Å². The predicted octanol–water partition coefficient (Wildman–Crippen LogP) is 2.88. The number of pyridine rings is 2. The number of nitrogens with one attached hydrogen (secondary N) is 1. The molecule has 2 heterocycles. The summed E-state index contributed by atoms with van der Waals surface area (Å²) in [5.41, 5.74) is 8.46. The Labute approximate surface area is 128 Å². The lowest BCUT2D eigenvalue weighted by molar-refractivity contribution is 1.11. The number of nitrogens with two attached hydrogens (primary N) is 1. The summed E-state index contributed by atoms with van der Waals surface area (Å²) in [5, 5.41) is 4.42. The molecule has 0 bridgehead atoms. The van der Waals surface area contributed by atoms with Gasteiger partial charge in [-0.25, -0.2) is 4.98 Å². The molecule has 0 amide bonds. The molecule has 0 unspecified atom stereocenters. The van der Waals surface area contributed by atoms with Crippen LogP contribution in [0.3, 0.4) is 0 Å². The van der Waals surface area contributed by atoms with Crippen molar-refractivity contribution in [1.82, 2.24) is 9.97 Å². The first kappa shape index (κ1) is 13.5. The zero-order chi connectivity index (χ0) is 14.7. The van der Waals surface area contributed by atoms with E-state index in [4.69, 9.17) is 18.0 Å². The molecule has 0 aliphatic heterocycles. The summed E-state index contributed by atoms with van der Waals surface area (Å²) >= 11 is 4.91. The molecule has 0 saturated heterocycles. The van der Waals surface area contributed by atoms with Crippen LogP contribution < -0.4 is 11.1 Å². The molecule has 3 aromatic rings. The summed E-state index contributed by atoms with van der Waals surface area (Å²) in [5.74, 6) is 0.780. The Bertz CT molecular complexity index is 778. The van der Waals surface area contributed by atoms with E-state index < -0.39 is 0 Å². The van der Waals surface area contributed by atoms with Gasteiger partial charge in [-0.2, -0.15) is 0 Å². The third-order valence-electron chi connectivity index (χ3n) is 3.22. The van der Waals surface area contributed by atoms with Gasteiger partial charge in [0.05, 0.1) is 5.52 Å². The number of anilines is 1. The molecule has 2 aromatic heterocycles. The van der Waals surface area contributed by atoms with Crippen molar-refractivity contribution < 1.29 is 0 Å². The van der Waals surface area contributed by atoms with Gasteiger partial charge in [-0.15, -0.1) is 0 Å². The second kappa shape index (κ2) is 5.85. The SMILES string of the molecule is NC(=S)c1ccc(NCc2cccc3cccnc23)nc1. The van der Waals surface area contributed by atoms with E-state index in [-0.39, 0.29) is 0 Å². The molecular weight excluding hydrogens is 280 g/mol. The summed E-state index contributed by atoms with van der Waals surface area (Å²) < 4.78 is 0. The molecule has 3 N–H and O–H groups in total. The Morgan fingerprint density at radius 1 is 1.10 bits per heavy atom. The maximum absolute atomic E-state index is 5.55. The second-order valence-electron chi connectivity index (χ2n) is 4.64. The van der Waals surface area contributed by atoms with Gasteiger partial charge in [-0.3, -0.25) is 4.98 Å². The van der Waals surface area contributed by atoms with Crippen LogP contribution in [0.5, 0.6) is 0 Å². The van der Waals surface area contributed by atoms with Crippen LogP contribution in [0.1, 0.15) is 11.1 Å². The Morgan fingerprint density at radius 3 is 2.71 bits per heavy atom. The van der Waals surface area contributed by atoms with Gasteiger partial charge in [0.25, 0.3) is 0 Å². The van der Waals surface area contributed by atoms with Crippen LogP contribution in [-0.2, 0) is 6.54 Å². The number of para-hydroxylation sites is 1. The number of nitrogens with zero attached hydrogens (tertiary/aromatic N) is 2. The standard InChI is InChI=1S/C16H14N4S/c17-16(21)13-6-7-14(20-10-13)19-9-12-4-1-3-11-5-2-8-18-15(11)12/h1-8,10H,9H2,(H2,17,21)(H,19,20). The molecule has 5 heteroatoms. The van der Waals surface area contributed by atoms with Gasteiger partial charge in [0.2, 0.25) is 0 Å². The first-order valence-electron chi connectivity index (χ1n) is 6.56. The summed E-state index contributed by atoms with van der Waals surface area (Å²) in [6.45, 7) is 0.660. The Kier molecular flexibility index (Phi) is 3.75. The Hall–Kier alpha value is -2.53. The van der Waals surface area contributed by atoms with Crippen LogP contribution in [-0.4, -0.2) is 15.0 Å². The highest BCUT2D eigenvalue weighted by molar-refractivity contribution is 7.80. The number of hydrogen-bond acceptors (Lipinski definition) is 4. The van der Waals surface area contributed by atoms with Crippen LogP contribution in [0.2, 0.25) is 0 Å². The minimum Gasteiger partial charge on any atom is -0.389 e. The minimum atomic E-state index is 0.354. The van der Waals surface area contributed by atoms with E-state index in [1.165, 1.54) is 0 Å². The van der Waals surface area contributed by atoms with Crippen molar-refractivity contribution in [2.45, 2.75) is 6.54 Å². The van der Waals surface area contributed by atoms with Crippen molar-refractivity contribution in [2.75, 3.05) is 5.32 Å². The molecule has 0 radical (unpaired) electrons. The molecule has 3 rings (SSSR count). The molecular formula is C16H14N4S. The average Bonchev–Trinajstić information content (AvgIpc) is 2.53. The van der Waals surface area contributed by atoms with Gasteiger partial charge in [-0.1, -0.05) is 36.5 Å². The fraction of sp³-hybridized carbons (Fsp3) is 0.0625. The number of hydrogen-bond donors (Lipinski definition) is 2. The molecule has 104 valence electrons. The predicted molar refractivity (Wildman–Crippen MR) is 89.2 cm³/mol. The monoisotopic (exact) mass is 294 g/mol. The van der Waals surface area contributed by atoms with Crippen molar-refractivity contribution in [3.63, 3.8) is 0 Å². The molecule has 4 nitrogen and oxygen atoms in total. The summed E-state index contributed by atoms with van der Waals surface area (Å²) in [4.78, 5) is 9.09. The van der Waals surface area contributed by atoms with E-state index in [9.17, 15) is 0 Å². The lowest BCUT2D eigenvalue weighted by atomic mass is 10.1. The van der Waals surface area contributed by atoms with E-state index in [1.54, 1.807) is 12.4 Å². The number of fused-ring (bicyclic) bond motifs is 1. The Morgan fingerprint density at radius 2 is 1.95 bits per heavy atom. The molecule has 0 aliphatic rings. The molecule has 0 fully saturated rings. The van der Waals surface area contributed by atoms with E-state index >= 15 is 0 Å². The van der Waals surface area contributed by atoms with Crippen LogP contribution in [0.15, 0.2) is 54.9 Å². The molecule has 0 atom stereocenters. The van der Waals surface area contributed by atoms with Crippen LogP contribution in [0.25, 0.3) is 10.9 Å². The summed E-state index contributed by atoms with van der Waals surface area (Å²) in [6, 6.07) is 13.9. The quantitative estimate of drug-likeness (QED) is 0.724. The largest absolute Gasteiger partial charge is 0.389 e. The summed E-state index contributed by atoms with van der Waals surface area (Å²) in [6.07, 6.45) is 3.48. The van der Waals surface area contributed by atoms with E-state index in [2.05, 4.69) is 33.5 Å². The van der Waals surface area contributed by atoms with Gasteiger partial charge < -0.3 is 11.1 Å². The van der Waals surface area contributed by atoms with Crippen LogP contribution in [0, 0.1) is 0 Å². The highest BCUT2D eigenvalue weighted by Gasteiger charge is 2.02. The molecule has 21 heavy (non-hydrogen) atoms. The highest BCUT2D eigenvalue weighted by Crippen LogP contribution is 2.17. The Balaban J connectivity index is 1.79. The number of rotatable bonds is 4. The molecule has 0 spiro atoms. The zero-order valence-electron chi connectivity index (χ0n) is 11.3. The minimum absolute atomic E-state index is 0.354. The molecule has 0 saturated carbocycles. The topological polar surface area (TPSA) is 63.8 Å². The van der Waals surface area contributed by atoms with Gasteiger partial charge in [0.15, 0.2) is 0 Å².